The third-order valence-electron chi connectivity index (χ3n) is 3.60. The number of hydrogen-bond acceptors (Lipinski definition) is 2. The molecule has 1 aliphatic rings. The van der Waals surface area contributed by atoms with Crippen LogP contribution in [0.4, 0.5) is 5.69 Å². The van der Waals surface area contributed by atoms with Crippen molar-refractivity contribution in [1.82, 2.24) is 0 Å². The van der Waals surface area contributed by atoms with Crippen LogP contribution in [0.25, 0.3) is 0 Å². The number of anilines is 1. The van der Waals surface area contributed by atoms with Gasteiger partial charge in [-0.3, -0.25) is 0 Å². The van der Waals surface area contributed by atoms with Crippen LogP contribution >= 0.6 is 0 Å². The molecule has 1 unspecified atom stereocenters. The van der Waals surface area contributed by atoms with E-state index in [0.717, 1.165) is 6.42 Å². The second-order valence-corrected chi connectivity index (χ2v) is 5.08. The summed E-state index contributed by atoms with van der Waals surface area (Å²) in [6, 6.07) is 8.57. The van der Waals surface area contributed by atoms with Gasteiger partial charge in [0.1, 0.15) is 0 Å². The average Bonchev–Trinajstić information content (AvgIpc) is 2.40. The van der Waals surface area contributed by atoms with Gasteiger partial charge in [-0.2, -0.15) is 0 Å². The van der Waals surface area contributed by atoms with Crippen LogP contribution in [0.1, 0.15) is 18.9 Å². The molecule has 0 saturated heterocycles. The van der Waals surface area contributed by atoms with Crippen molar-refractivity contribution in [3.05, 3.63) is 53.8 Å². The van der Waals surface area contributed by atoms with Gasteiger partial charge in [-0.25, -0.2) is 0 Å². The van der Waals surface area contributed by atoms with Crippen LogP contribution in [0, 0.1) is 6.92 Å². The number of rotatable bonds is 3. The van der Waals surface area contributed by atoms with Gasteiger partial charge in [-0.1, -0.05) is 29.8 Å². The minimum Gasteiger partial charge on any atom is -0.374 e. The van der Waals surface area contributed by atoms with E-state index >= 15 is 0 Å². The summed E-state index contributed by atoms with van der Waals surface area (Å²) in [6.07, 6.45) is 7.40. The number of allylic oxidation sites excluding steroid dienone is 1. The van der Waals surface area contributed by atoms with Crippen molar-refractivity contribution in [3.63, 3.8) is 0 Å². The maximum absolute atomic E-state index is 5.48. The van der Waals surface area contributed by atoms with E-state index in [0.29, 0.717) is 0 Å². The molecule has 2 rings (SSSR count). The van der Waals surface area contributed by atoms with Gasteiger partial charge in [0.25, 0.3) is 0 Å². The van der Waals surface area contributed by atoms with Crippen molar-refractivity contribution in [2.75, 3.05) is 19.1 Å². The zero-order valence-electron chi connectivity index (χ0n) is 11.6. The highest BCUT2D eigenvalue weighted by Crippen LogP contribution is 2.27. The summed E-state index contributed by atoms with van der Waals surface area (Å²) in [5, 5.41) is 0. The third-order valence-corrected chi connectivity index (χ3v) is 3.60. The molecule has 0 aromatic heterocycles. The van der Waals surface area contributed by atoms with Gasteiger partial charge >= 0.3 is 0 Å². The normalized spacial score (nSPS) is 22.8. The van der Waals surface area contributed by atoms with E-state index in [1.807, 2.05) is 0 Å². The van der Waals surface area contributed by atoms with E-state index < -0.39 is 0 Å². The second-order valence-electron chi connectivity index (χ2n) is 5.08. The monoisotopic (exact) mass is 243 g/mol. The highest BCUT2D eigenvalue weighted by atomic mass is 16.5. The maximum Gasteiger partial charge on any atom is 0.0869 e. The first kappa shape index (κ1) is 12.9. The van der Waals surface area contributed by atoms with E-state index in [2.05, 4.69) is 68.3 Å². The van der Waals surface area contributed by atoms with Crippen LogP contribution in [-0.2, 0) is 4.74 Å². The molecule has 0 fully saturated rings. The predicted octanol–water partition coefficient (Wildman–Crippen LogP) is 3.68. The molecule has 1 aromatic rings. The number of hydrogen-bond donors (Lipinski definition) is 0. The van der Waals surface area contributed by atoms with Crippen molar-refractivity contribution < 1.29 is 4.74 Å². The van der Waals surface area contributed by atoms with Crippen LogP contribution in [-0.4, -0.2) is 19.8 Å². The summed E-state index contributed by atoms with van der Waals surface area (Å²) in [5.41, 5.74) is 3.55. The Morgan fingerprint density at radius 3 is 2.39 bits per heavy atom. The van der Waals surface area contributed by atoms with E-state index in [1.54, 1.807) is 7.11 Å². The summed E-state index contributed by atoms with van der Waals surface area (Å²) in [7, 11) is 3.85. The number of ether oxygens (including phenoxy) is 1. The molecule has 0 bridgehead atoms. The van der Waals surface area contributed by atoms with E-state index in [1.165, 1.54) is 16.9 Å². The van der Waals surface area contributed by atoms with Crippen LogP contribution in [0.2, 0.25) is 0 Å². The summed E-state index contributed by atoms with van der Waals surface area (Å²) < 4.78 is 5.48. The SMILES string of the molecule is COC1(C)C=CC(N(C)c2ccc(C)cc2)=CC1. The minimum absolute atomic E-state index is 0.155. The fourth-order valence-electron chi connectivity index (χ4n) is 2.02. The van der Waals surface area contributed by atoms with Gasteiger partial charge in [0, 0.05) is 32.0 Å². The molecular formula is C16H21NO. The van der Waals surface area contributed by atoms with Gasteiger partial charge < -0.3 is 9.64 Å². The van der Waals surface area contributed by atoms with E-state index in [9.17, 15) is 0 Å². The Balaban J connectivity index is 2.14. The molecule has 96 valence electrons. The van der Waals surface area contributed by atoms with Gasteiger partial charge in [0.2, 0.25) is 0 Å². The third kappa shape index (κ3) is 2.65. The van der Waals surface area contributed by atoms with Gasteiger partial charge in [0.05, 0.1) is 5.60 Å². The van der Waals surface area contributed by atoms with Crippen LogP contribution in [0.3, 0.4) is 0 Å². The minimum atomic E-state index is -0.155. The largest absolute Gasteiger partial charge is 0.374 e. The lowest BCUT2D eigenvalue weighted by molar-refractivity contribution is 0.0502. The highest BCUT2D eigenvalue weighted by molar-refractivity contribution is 5.55. The van der Waals surface area contributed by atoms with Gasteiger partial charge in [0.15, 0.2) is 0 Å². The molecule has 0 aliphatic heterocycles. The molecule has 2 heteroatoms. The summed E-state index contributed by atoms with van der Waals surface area (Å²) >= 11 is 0. The molecule has 0 saturated carbocycles. The molecule has 0 N–H and O–H groups in total. The molecule has 1 atom stereocenters. The first-order valence-corrected chi connectivity index (χ1v) is 6.29. The summed E-state index contributed by atoms with van der Waals surface area (Å²) in [4.78, 5) is 2.20. The van der Waals surface area contributed by atoms with Crippen molar-refractivity contribution in [2.45, 2.75) is 25.9 Å². The Hall–Kier alpha value is -1.54. The Morgan fingerprint density at radius 2 is 1.89 bits per heavy atom. The molecule has 1 aromatic carbocycles. The number of likely N-dealkylation sites (N-methyl/N-ethyl adjacent to an activating group) is 1. The van der Waals surface area contributed by atoms with Gasteiger partial charge in [-0.15, -0.1) is 0 Å². The van der Waals surface area contributed by atoms with Crippen molar-refractivity contribution >= 4 is 5.69 Å². The lowest BCUT2D eigenvalue weighted by Gasteiger charge is -2.30. The summed E-state index contributed by atoms with van der Waals surface area (Å²) in [6.45, 7) is 4.20. The van der Waals surface area contributed by atoms with Crippen LogP contribution < -0.4 is 4.90 Å². The van der Waals surface area contributed by atoms with Gasteiger partial charge in [-0.05, 0) is 32.1 Å². The average molecular weight is 243 g/mol. The molecular weight excluding hydrogens is 222 g/mol. The Kier molecular flexibility index (Phi) is 3.58. The lowest BCUT2D eigenvalue weighted by Crippen LogP contribution is -2.27. The van der Waals surface area contributed by atoms with Crippen LogP contribution in [0.15, 0.2) is 48.2 Å². The molecule has 1 aliphatic carbocycles. The first-order chi connectivity index (χ1) is 8.54. The quantitative estimate of drug-likeness (QED) is 0.803. The van der Waals surface area contributed by atoms with Crippen molar-refractivity contribution in [3.8, 4) is 0 Å². The fourth-order valence-corrected chi connectivity index (χ4v) is 2.02. The number of benzene rings is 1. The van der Waals surface area contributed by atoms with Crippen molar-refractivity contribution in [1.29, 1.82) is 0 Å². The van der Waals surface area contributed by atoms with Crippen LogP contribution in [0.5, 0.6) is 0 Å². The molecule has 18 heavy (non-hydrogen) atoms. The fraction of sp³-hybridized carbons (Fsp3) is 0.375. The predicted molar refractivity (Wildman–Crippen MR) is 76.8 cm³/mol. The standard InChI is InChI=1S/C16H21NO/c1-13-5-7-14(8-6-13)17(3)15-9-11-16(2,18-4)12-10-15/h5-11H,12H2,1-4H3. The lowest BCUT2D eigenvalue weighted by atomic mass is 9.96. The summed E-state index contributed by atoms with van der Waals surface area (Å²) in [5.74, 6) is 0. The smallest absolute Gasteiger partial charge is 0.0869 e. The Labute approximate surface area is 110 Å². The zero-order chi connectivity index (χ0) is 13.2. The van der Waals surface area contributed by atoms with Crippen molar-refractivity contribution in [2.24, 2.45) is 0 Å². The topological polar surface area (TPSA) is 12.5 Å². The Morgan fingerprint density at radius 1 is 1.22 bits per heavy atom. The van der Waals surface area contributed by atoms with E-state index in [-0.39, 0.29) is 5.60 Å². The maximum atomic E-state index is 5.48. The molecule has 0 radical (unpaired) electrons. The number of aryl methyl sites for hydroxylation is 1. The first-order valence-electron chi connectivity index (χ1n) is 6.29. The Bertz CT molecular complexity index is 472. The second kappa shape index (κ2) is 4.99. The zero-order valence-corrected chi connectivity index (χ0v) is 11.6. The van der Waals surface area contributed by atoms with E-state index in [4.69, 9.17) is 4.74 Å². The molecule has 0 heterocycles. The number of nitrogens with zero attached hydrogens (tertiary/aromatic N) is 1. The molecule has 0 amide bonds. The highest BCUT2D eigenvalue weighted by Gasteiger charge is 2.22. The molecule has 0 spiro atoms. The molecule has 2 nitrogen and oxygen atoms in total. The number of methoxy groups -OCH3 is 1.